The third kappa shape index (κ3) is 5.34. The zero-order valence-corrected chi connectivity index (χ0v) is 24.1. The number of nitrogens with zero attached hydrogens (tertiary/aromatic N) is 3. The number of nitrogens with one attached hydrogen (secondary N) is 1. The summed E-state index contributed by atoms with van der Waals surface area (Å²) in [6.45, 7) is 4.21. The van der Waals surface area contributed by atoms with Crippen LogP contribution in [0.3, 0.4) is 0 Å². The number of piperazine rings is 1. The number of ether oxygens (including phenoxy) is 3. The first-order chi connectivity index (χ1) is 20.0. The Morgan fingerprint density at radius 2 is 1.59 bits per heavy atom. The van der Waals surface area contributed by atoms with Crippen molar-refractivity contribution in [2.45, 2.75) is 17.5 Å². The highest BCUT2D eigenvalue weighted by Crippen LogP contribution is 2.47. The first-order valence-electron chi connectivity index (χ1n) is 13.5. The Balaban J connectivity index is 1.36. The fourth-order valence-corrected chi connectivity index (χ4v) is 6.72. The Labute approximate surface area is 242 Å². The van der Waals surface area contributed by atoms with E-state index in [9.17, 15) is 8.78 Å². The molecule has 1 unspecified atom stereocenters. The molecule has 1 atom stereocenters. The number of fused-ring (bicyclic) bond motifs is 2. The molecule has 3 aliphatic rings. The lowest BCUT2D eigenvalue weighted by Gasteiger charge is -2.40. The Kier molecular flexibility index (Phi) is 7.77. The van der Waals surface area contributed by atoms with Crippen molar-refractivity contribution in [2.24, 2.45) is 4.99 Å². The first kappa shape index (κ1) is 27.4. The molecule has 41 heavy (non-hydrogen) atoms. The van der Waals surface area contributed by atoms with Crippen LogP contribution >= 0.6 is 11.8 Å². The molecule has 1 saturated heterocycles. The zero-order chi connectivity index (χ0) is 28.5. The van der Waals surface area contributed by atoms with E-state index >= 15 is 0 Å². The number of aliphatic imine (C=N–C) groups is 1. The Bertz CT molecular complexity index is 1480. The molecule has 0 spiro atoms. The van der Waals surface area contributed by atoms with Crippen LogP contribution in [0.2, 0.25) is 0 Å². The largest absolute Gasteiger partial charge is 0.493 e. The summed E-state index contributed by atoms with van der Waals surface area (Å²) >= 11 is 1.48. The molecule has 0 aromatic heterocycles. The topological polar surface area (TPSA) is 58.6 Å². The van der Waals surface area contributed by atoms with Gasteiger partial charge in [0.05, 0.1) is 27.0 Å². The van der Waals surface area contributed by atoms with Gasteiger partial charge in [0.2, 0.25) is 5.75 Å². The number of methoxy groups -OCH3 is 3. The van der Waals surface area contributed by atoms with Crippen molar-refractivity contribution in [3.05, 3.63) is 88.5 Å². The van der Waals surface area contributed by atoms with Gasteiger partial charge in [0.1, 0.15) is 6.04 Å². The number of guanidine groups is 1. The summed E-state index contributed by atoms with van der Waals surface area (Å²) in [6, 6.07) is 16.5. The van der Waals surface area contributed by atoms with Gasteiger partial charge in [-0.25, -0.2) is 13.8 Å². The van der Waals surface area contributed by atoms with Crippen LogP contribution in [-0.2, 0) is 6.54 Å². The van der Waals surface area contributed by atoms with E-state index in [-0.39, 0.29) is 6.04 Å². The predicted molar refractivity (Wildman–Crippen MR) is 157 cm³/mol. The van der Waals surface area contributed by atoms with E-state index in [4.69, 9.17) is 19.2 Å². The van der Waals surface area contributed by atoms with Crippen LogP contribution < -0.4 is 19.5 Å². The maximum absolute atomic E-state index is 14.5. The van der Waals surface area contributed by atoms with Gasteiger partial charge in [-0.2, -0.15) is 0 Å². The second kappa shape index (κ2) is 11.6. The average Bonchev–Trinajstić information content (AvgIpc) is 3.01. The molecule has 0 aliphatic carbocycles. The molecule has 3 aromatic carbocycles. The summed E-state index contributed by atoms with van der Waals surface area (Å²) in [5, 5.41) is 3.52. The fraction of sp³-hybridized carbons (Fsp3) is 0.323. The number of hydrogen-bond donors (Lipinski definition) is 1. The summed E-state index contributed by atoms with van der Waals surface area (Å²) in [5.74, 6) is 1.13. The summed E-state index contributed by atoms with van der Waals surface area (Å²) in [6.07, 6.45) is 0. The van der Waals surface area contributed by atoms with Crippen molar-refractivity contribution in [1.82, 2.24) is 15.1 Å². The average molecular weight is 579 g/mol. The maximum Gasteiger partial charge on any atom is 0.203 e. The lowest BCUT2D eigenvalue weighted by molar-refractivity contribution is 0.173. The Morgan fingerprint density at radius 3 is 2.24 bits per heavy atom. The zero-order valence-electron chi connectivity index (χ0n) is 23.2. The molecule has 3 heterocycles. The van der Waals surface area contributed by atoms with Crippen LogP contribution in [0.4, 0.5) is 8.78 Å². The van der Waals surface area contributed by atoms with Gasteiger partial charge >= 0.3 is 0 Å². The second-order valence-electron chi connectivity index (χ2n) is 10.1. The van der Waals surface area contributed by atoms with Gasteiger partial charge in [-0.1, -0.05) is 30.3 Å². The molecule has 3 aliphatic heterocycles. The van der Waals surface area contributed by atoms with Gasteiger partial charge in [0.15, 0.2) is 29.1 Å². The summed E-state index contributed by atoms with van der Waals surface area (Å²) in [4.78, 5) is 10.6. The van der Waals surface area contributed by atoms with Crippen molar-refractivity contribution < 1.29 is 23.0 Å². The van der Waals surface area contributed by atoms with E-state index in [0.29, 0.717) is 39.4 Å². The smallest absolute Gasteiger partial charge is 0.203 e. The minimum Gasteiger partial charge on any atom is -0.493 e. The SMILES string of the molecule is COc1cc(C2N=C(N3CCN(Cc4ccccc4)CC3)NC3=C2CSc2cc(F)c(F)cc23)cc(OC)c1OC. The minimum atomic E-state index is -0.872. The van der Waals surface area contributed by atoms with Crippen LogP contribution in [0.25, 0.3) is 5.70 Å². The standard InChI is InChI=1S/C31H32F2N4O3S/c1-38-25-13-20(14-26(39-2)30(25)40-3)28-22-18-41-27-16-24(33)23(32)15-21(27)29(22)35-31(34-28)37-11-9-36(10-12-37)17-19-7-5-4-6-8-19/h4-8,13-16,28H,9-12,17-18H2,1-3H3,(H,34,35). The molecular weight excluding hydrogens is 546 g/mol. The molecule has 0 bridgehead atoms. The minimum absolute atomic E-state index is 0.383. The number of halogens is 2. The number of hydrogen-bond acceptors (Lipinski definition) is 8. The molecule has 10 heteroatoms. The quantitative estimate of drug-likeness (QED) is 0.425. The van der Waals surface area contributed by atoms with Crippen LogP contribution in [0.5, 0.6) is 17.2 Å². The highest BCUT2D eigenvalue weighted by molar-refractivity contribution is 7.99. The highest BCUT2D eigenvalue weighted by Gasteiger charge is 2.35. The summed E-state index contributed by atoms with van der Waals surface area (Å²) in [7, 11) is 4.74. The van der Waals surface area contributed by atoms with Gasteiger partial charge in [0, 0.05) is 48.9 Å². The van der Waals surface area contributed by atoms with E-state index in [1.807, 2.05) is 18.2 Å². The summed E-state index contributed by atoms with van der Waals surface area (Å²) < 4.78 is 45.5. The van der Waals surface area contributed by atoms with Crippen LogP contribution in [0.15, 0.2) is 70.1 Å². The normalized spacial score (nSPS) is 18.7. The molecule has 0 amide bonds. The van der Waals surface area contributed by atoms with Gasteiger partial charge in [-0.05, 0) is 41.0 Å². The van der Waals surface area contributed by atoms with Crippen molar-refractivity contribution in [3.63, 3.8) is 0 Å². The summed E-state index contributed by atoms with van der Waals surface area (Å²) in [5.41, 5.74) is 4.54. The molecule has 3 aromatic rings. The van der Waals surface area contributed by atoms with Gasteiger partial charge in [0.25, 0.3) is 0 Å². The first-order valence-corrected chi connectivity index (χ1v) is 14.5. The molecule has 0 saturated carbocycles. The molecule has 1 fully saturated rings. The Morgan fingerprint density at radius 1 is 0.902 bits per heavy atom. The van der Waals surface area contributed by atoms with E-state index in [2.05, 4.69) is 39.4 Å². The van der Waals surface area contributed by atoms with E-state index in [1.165, 1.54) is 29.5 Å². The molecular formula is C31H32F2N4O3S. The van der Waals surface area contributed by atoms with Crippen molar-refractivity contribution in [1.29, 1.82) is 0 Å². The van der Waals surface area contributed by atoms with Gasteiger partial charge in [-0.15, -0.1) is 11.8 Å². The number of rotatable bonds is 6. The van der Waals surface area contributed by atoms with Gasteiger partial charge in [-0.3, -0.25) is 4.90 Å². The monoisotopic (exact) mass is 578 g/mol. The van der Waals surface area contributed by atoms with Crippen LogP contribution in [-0.4, -0.2) is 69.0 Å². The molecule has 214 valence electrons. The second-order valence-corrected chi connectivity index (χ2v) is 11.2. The fourth-order valence-electron chi connectivity index (χ4n) is 5.61. The van der Waals surface area contributed by atoms with Crippen molar-refractivity contribution >= 4 is 23.4 Å². The molecule has 0 radical (unpaired) electrons. The van der Waals surface area contributed by atoms with Gasteiger partial charge < -0.3 is 24.4 Å². The van der Waals surface area contributed by atoms with Crippen LogP contribution in [0.1, 0.15) is 22.7 Å². The van der Waals surface area contributed by atoms with E-state index < -0.39 is 11.6 Å². The van der Waals surface area contributed by atoms with E-state index in [0.717, 1.165) is 49.6 Å². The third-order valence-electron chi connectivity index (χ3n) is 7.74. The van der Waals surface area contributed by atoms with Crippen LogP contribution in [0, 0.1) is 11.6 Å². The maximum atomic E-state index is 14.5. The number of thioether (sulfide) groups is 1. The predicted octanol–water partition coefficient (Wildman–Crippen LogP) is 5.33. The molecule has 6 rings (SSSR count). The third-order valence-corrected chi connectivity index (χ3v) is 8.84. The molecule has 7 nitrogen and oxygen atoms in total. The van der Waals surface area contributed by atoms with Crippen molar-refractivity contribution in [3.8, 4) is 17.2 Å². The lowest BCUT2D eigenvalue weighted by Crippen LogP contribution is -2.53. The van der Waals surface area contributed by atoms with E-state index in [1.54, 1.807) is 21.3 Å². The Hall–Kier alpha value is -3.76. The highest BCUT2D eigenvalue weighted by atomic mass is 32.2. The lowest BCUT2D eigenvalue weighted by atomic mass is 9.93. The number of benzene rings is 3. The molecule has 1 N–H and O–H groups in total. The van der Waals surface area contributed by atoms with Crippen molar-refractivity contribution in [2.75, 3.05) is 53.3 Å².